The van der Waals surface area contributed by atoms with E-state index >= 15 is 0 Å². The number of likely N-dealkylation sites (N-methyl/N-ethyl adjacent to an activating group) is 1. The maximum atomic E-state index is 4.22. The van der Waals surface area contributed by atoms with Crippen molar-refractivity contribution >= 4 is 5.52 Å². The summed E-state index contributed by atoms with van der Waals surface area (Å²) >= 11 is 0. The first-order valence-electron chi connectivity index (χ1n) is 4.44. The summed E-state index contributed by atoms with van der Waals surface area (Å²) in [7, 11) is 1.90. The molecule has 0 radical (unpaired) electrons. The molecule has 0 spiro atoms. The summed E-state index contributed by atoms with van der Waals surface area (Å²) in [5.74, 6) is 0. The van der Waals surface area contributed by atoms with Crippen molar-refractivity contribution in [2.45, 2.75) is 6.04 Å². The van der Waals surface area contributed by atoms with Gasteiger partial charge in [-0.05, 0) is 7.05 Å². The van der Waals surface area contributed by atoms with E-state index in [0.29, 0.717) is 0 Å². The van der Waals surface area contributed by atoms with Crippen molar-refractivity contribution in [1.82, 2.24) is 19.9 Å². The second kappa shape index (κ2) is 3.59. The fourth-order valence-corrected chi connectivity index (χ4v) is 1.49. The van der Waals surface area contributed by atoms with Crippen LogP contribution in [0.3, 0.4) is 0 Å². The summed E-state index contributed by atoms with van der Waals surface area (Å²) in [5, 5.41) is 7.37. The van der Waals surface area contributed by atoms with Crippen LogP contribution in [0.15, 0.2) is 37.4 Å². The molecule has 2 aromatic rings. The molecule has 1 N–H and O–H groups in total. The number of nitrogens with one attached hydrogen (secondary N) is 1. The topological polar surface area (TPSA) is 42.2 Å². The zero-order valence-electron chi connectivity index (χ0n) is 8.01. The molecule has 4 nitrogen and oxygen atoms in total. The zero-order chi connectivity index (χ0) is 9.97. The lowest BCUT2D eigenvalue weighted by Crippen LogP contribution is -2.13. The number of nitrogens with zero attached hydrogens (tertiary/aromatic N) is 3. The van der Waals surface area contributed by atoms with Gasteiger partial charge in [0.2, 0.25) is 0 Å². The van der Waals surface area contributed by atoms with Gasteiger partial charge in [0.1, 0.15) is 0 Å². The van der Waals surface area contributed by atoms with Crippen molar-refractivity contribution < 1.29 is 0 Å². The van der Waals surface area contributed by atoms with E-state index in [0.717, 1.165) is 11.1 Å². The standard InChI is InChI=1S/C10H12N4/c1-3-9(11-2)8-6-13-14-5-4-12-7-10(8)14/h3-7,9,11H,1H2,2H3. The Morgan fingerprint density at radius 2 is 2.43 bits per heavy atom. The molecule has 0 aromatic carbocycles. The van der Waals surface area contributed by atoms with Crippen molar-refractivity contribution in [2.24, 2.45) is 0 Å². The lowest BCUT2D eigenvalue weighted by atomic mass is 10.1. The molecule has 0 saturated carbocycles. The van der Waals surface area contributed by atoms with Crippen LogP contribution in [0, 0.1) is 0 Å². The molecule has 2 rings (SSSR count). The lowest BCUT2D eigenvalue weighted by Gasteiger charge is -2.08. The van der Waals surface area contributed by atoms with Crippen LogP contribution in [-0.4, -0.2) is 21.6 Å². The molecular weight excluding hydrogens is 176 g/mol. The molecule has 0 amide bonds. The fourth-order valence-electron chi connectivity index (χ4n) is 1.49. The van der Waals surface area contributed by atoms with Gasteiger partial charge in [0.15, 0.2) is 0 Å². The average Bonchev–Trinajstić information content (AvgIpc) is 2.65. The van der Waals surface area contributed by atoms with Gasteiger partial charge in [0.25, 0.3) is 0 Å². The quantitative estimate of drug-likeness (QED) is 0.735. The van der Waals surface area contributed by atoms with Crippen molar-refractivity contribution in [1.29, 1.82) is 0 Å². The van der Waals surface area contributed by atoms with Gasteiger partial charge in [-0.25, -0.2) is 4.52 Å². The fraction of sp³-hybridized carbons (Fsp3) is 0.200. The summed E-state index contributed by atoms with van der Waals surface area (Å²) in [6, 6.07) is 0.122. The molecule has 14 heavy (non-hydrogen) atoms. The number of fused-ring (bicyclic) bond motifs is 1. The molecular formula is C10H12N4. The molecule has 1 atom stereocenters. The van der Waals surface area contributed by atoms with E-state index in [-0.39, 0.29) is 6.04 Å². The Kier molecular flexibility index (Phi) is 2.28. The van der Waals surface area contributed by atoms with E-state index < -0.39 is 0 Å². The van der Waals surface area contributed by atoms with Gasteiger partial charge >= 0.3 is 0 Å². The molecule has 1 unspecified atom stereocenters. The number of hydrogen-bond donors (Lipinski definition) is 1. The van der Waals surface area contributed by atoms with Crippen LogP contribution in [0.4, 0.5) is 0 Å². The van der Waals surface area contributed by atoms with Crippen molar-refractivity contribution in [2.75, 3.05) is 7.05 Å². The van der Waals surface area contributed by atoms with Crippen molar-refractivity contribution in [3.05, 3.63) is 43.0 Å². The minimum absolute atomic E-state index is 0.122. The highest BCUT2D eigenvalue weighted by atomic mass is 15.2. The molecule has 2 heterocycles. The van der Waals surface area contributed by atoms with Crippen molar-refractivity contribution in [3.8, 4) is 0 Å². The van der Waals surface area contributed by atoms with Crippen LogP contribution in [0.25, 0.3) is 5.52 Å². The molecule has 0 aliphatic carbocycles. The maximum Gasteiger partial charge on any atom is 0.0895 e. The number of rotatable bonds is 3. The SMILES string of the molecule is C=CC(NC)c1cnn2ccncc12. The third-order valence-corrected chi connectivity index (χ3v) is 2.24. The highest BCUT2D eigenvalue weighted by molar-refractivity contribution is 5.54. The highest BCUT2D eigenvalue weighted by Crippen LogP contribution is 2.18. The van der Waals surface area contributed by atoms with Gasteiger partial charge in [0.05, 0.1) is 24.0 Å². The van der Waals surface area contributed by atoms with Gasteiger partial charge in [-0.1, -0.05) is 6.08 Å². The molecule has 0 bridgehead atoms. The number of aromatic nitrogens is 3. The van der Waals surface area contributed by atoms with Crippen LogP contribution < -0.4 is 5.32 Å². The molecule has 72 valence electrons. The third kappa shape index (κ3) is 1.29. The minimum atomic E-state index is 0.122. The predicted octanol–water partition coefficient (Wildman–Crippen LogP) is 1.18. The average molecular weight is 188 g/mol. The van der Waals surface area contributed by atoms with Crippen LogP contribution in [0.2, 0.25) is 0 Å². The van der Waals surface area contributed by atoms with Crippen LogP contribution >= 0.6 is 0 Å². The maximum absolute atomic E-state index is 4.22. The van der Waals surface area contributed by atoms with Crippen LogP contribution in [0.5, 0.6) is 0 Å². The molecule has 0 saturated heterocycles. The first-order chi connectivity index (χ1) is 6.86. The first kappa shape index (κ1) is 8.90. The molecule has 4 heteroatoms. The predicted molar refractivity (Wildman–Crippen MR) is 55.0 cm³/mol. The minimum Gasteiger partial charge on any atom is -0.310 e. The van der Waals surface area contributed by atoms with Crippen LogP contribution in [0.1, 0.15) is 11.6 Å². The van der Waals surface area contributed by atoms with Crippen molar-refractivity contribution in [3.63, 3.8) is 0 Å². The zero-order valence-corrected chi connectivity index (χ0v) is 8.01. The second-order valence-corrected chi connectivity index (χ2v) is 3.01. The first-order valence-corrected chi connectivity index (χ1v) is 4.44. The van der Waals surface area contributed by atoms with Crippen LogP contribution in [-0.2, 0) is 0 Å². The van der Waals surface area contributed by atoms with E-state index in [1.807, 2.05) is 25.5 Å². The van der Waals surface area contributed by atoms with Gasteiger partial charge in [-0.3, -0.25) is 4.98 Å². The monoisotopic (exact) mass is 188 g/mol. The van der Waals surface area contributed by atoms with Gasteiger partial charge < -0.3 is 5.32 Å². The van der Waals surface area contributed by atoms with E-state index in [2.05, 4.69) is 22.0 Å². The van der Waals surface area contributed by atoms with E-state index in [1.54, 1.807) is 16.9 Å². The van der Waals surface area contributed by atoms with Gasteiger partial charge in [0, 0.05) is 18.0 Å². The van der Waals surface area contributed by atoms with E-state index in [9.17, 15) is 0 Å². The smallest absolute Gasteiger partial charge is 0.0895 e. The Labute approximate surface area is 82.3 Å². The summed E-state index contributed by atoms with van der Waals surface area (Å²) in [4.78, 5) is 4.07. The summed E-state index contributed by atoms with van der Waals surface area (Å²) in [6.45, 7) is 3.77. The summed E-state index contributed by atoms with van der Waals surface area (Å²) < 4.78 is 1.80. The van der Waals surface area contributed by atoms with E-state index in [1.165, 1.54) is 0 Å². The molecule has 0 fully saturated rings. The molecule has 0 aliphatic rings. The molecule has 2 aromatic heterocycles. The normalized spacial score (nSPS) is 12.9. The molecule has 0 aliphatic heterocycles. The van der Waals surface area contributed by atoms with Gasteiger partial charge in [-0.15, -0.1) is 6.58 Å². The number of hydrogen-bond acceptors (Lipinski definition) is 3. The Bertz CT molecular complexity index is 446. The lowest BCUT2D eigenvalue weighted by molar-refractivity contribution is 0.721. The Morgan fingerprint density at radius 1 is 1.57 bits per heavy atom. The highest BCUT2D eigenvalue weighted by Gasteiger charge is 2.10. The Hall–Kier alpha value is -1.68. The second-order valence-electron chi connectivity index (χ2n) is 3.01. The summed E-state index contributed by atoms with van der Waals surface area (Å²) in [6.07, 6.45) is 9.03. The largest absolute Gasteiger partial charge is 0.310 e. The third-order valence-electron chi connectivity index (χ3n) is 2.24. The van der Waals surface area contributed by atoms with E-state index in [4.69, 9.17) is 0 Å². The Balaban J connectivity index is 2.57. The summed E-state index contributed by atoms with van der Waals surface area (Å²) in [5.41, 5.74) is 2.10. The van der Waals surface area contributed by atoms with Gasteiger partial charge in [-0.2, -0.15) is 5.10 Å². The Morgan fingerprint density at radius 3 is 3.14 bits per heavy atom.